The van der Waals surface area contributed by atoms with Crippen LogP contribution in [0.5, 0.6) is 0 Å². The first-order valence-corrected chi connectivity index (χ1v) is 10.3. The molecule has 2 aromatic heterocycles. The largest absolute Gasteiger partial charge is 0.366 e. The van der Waals surface area contributed by atoms with E-state index in [0.717, 1.165) is 22.5 Å². The lowest BCUT2D eigenvalue weighted by Gasteiger charge is -2.14. The first-order valence-electron chi connectivity index (χ1n) is 7.56. The van der Waals surface area contributed by atoms with E-state index in [4.69, 9.17) is 0 Å². The van der Waals surface area contributed by atoms with E-state index in [9.17, 15) is 8.42 Å². The molecule has 1 fully saturated rings. The molecule has 0 amide bonds. The van der Waals surface area contributed by atoms with Gasteiger partial charge in [-0.05, 0) is 36.6 Å². The van der Waals surface area contributed by atoms with Gasteiger partial charge < -0.3 is 5.32 Å². The Morgan fingerprint density at radius 1 is 1.41 bits per heavy atom. The molecule has 0 bridgehead atoms. The second kappa shape index (κ2) is 5.77. The van der Waals surface area contributed by atoms with Gasteiger partial charge in [-0.25, -0.2) is 18.4 Å². The molecule has 3 rings (SSSR count). The smallest absolute Gasteiger partial charge is 0.152 e. The Hall–Kier alpha value is -1.21. The van der Waals surface area contributed by atoms with E-state index in [0.29, 0.717) is 18.2 Å². The maximum absolute atomic E-state index is 11.7. The third-order valence-corrected chi connectivity index (χ3v) is 6.51. The molecule has 0 spiro atoms. The number of hydrogen-bond donors (Lipinski definition) is 1. The Morgan fingerprint density at radius 3 is 2.82 bits per heavy atom. The zero-order valence-electron chi connectivity index (χ0n) is 13.1. The lowest BCUT2D eigenvalue weighted by Crippen LogP contribution is -2.21. The van der Waals surface area contributed by atoms with Gasteiger partial charge in [0.25, 0.3) is 0 Å². The summed E-state index contributed by atoms with van der Waals surface area (Å²) in [5, 5.41) is 6.57. The number of thiophene rings is 1. The molecule has 3 heterocycles. The van der Waals surface area contributed by atoms with Crippen LogP contribution in [-0.4, -0.2) is 35.9 Å². The fraction of sp³-hybridized carbons (Fsp3) is 0.600. The Morgan fingerprint density at radius 2 is 2.18 bits per heavy atom. The van der Waals surface area contributed by atoms with E-state index >= 15 is 0 Å². The standard InChI is InChI=1S/C15H21N3O2S2/c1-9(2)6-11-7-21-15-13(11)14(16-10(3)17-15)18-12-4-5-22(19,20)8-12/h7,9,12H,4-6,8H2,1-3H3,(H,16,17,18). The quantitative estimate of drug-likeness (QED) is 0.927. The van der Waals surface area contributed by atoms with E-state index < -0.39 is 9.84 Å². The van der Waals surface area contributed by atoms with Crippen molar-refractivity contribution in [3.8, 4) is 0 Å². The summed E-state index contributed by atoms with van der Waals surface area (Å²) in [7, 11) is -2.90. The van der Waals surface area contributed by atoms with Crippen molar-refractivity contribution >= 4 is 37.2 Å². The maximum Gasteiger partial charge on any atom is 0.152 e. The summed E-state index contributed by atoms with van der Waals surface area (Å²) in [6.07, 6.45) is 1.63. The Balaban J connectivity index is 1.98. The lowest BCUT2D eigenvalue weighted by molar-refractivity contribution is 0.602. The van der Waals surface area contributed by atoms with Crippen molar-refractivity contribution in [2.24, 2.45) is 5.92 Å². The van der Waals surface area contributed by atoms with Crippen LogP contribution in [0, 0.1) is 12.8 Å². The van der Waals surface area contributed by atoms with Crippen molar-refractivity contribution in [1.82, 2.24) is 9.97 Å². The molecule has 2 aromatic rings. The van der Waals surface area contributed by atoms with E-state index in [1.54, 1.807) is 11.3 Å². The maximum atomic E-state index is 11.7. The number of aryl methyl sites for hydroxylation is 1. The number of aromatic nitrogens is 2. The fourth-order valence-electron chi connectivity index (χ4n) is 2.90. The average Bonchev–Trinajstić information content (AvgIpc) is 2.92. The summed E-state index contributed by atoms with van der Waals surface area (Å²) in [5.41, 5.74) is 1.25. The molecule has 1 aliphatic rings. The molecular weight excluding hydrogens is 318 g/mol. The molecule has 1 aliphatic heterocycles. The fourth-order valence-corrected chi connectivity index (χ4v) is 5.58. The van der Waals surface area contributed by atoms with Gasteiger partial charge in [-0.2, -0.15) is 0 Å². The first-order chi connectivity index (χ1) is 10.3. The summed E-state index contributed by atoms with van der Waals surface area (Å²) >= 11 is 1.63. The predicted molar refractivity (Wildman–Crippen MR) is 91.4 cm³/mol. The van der Waals surface area contributed by atoms with Gasteiger partial charge in [-0.3, -0.25) is 0 Å². The molecular formula is C15H21N3O2S2. The monoisotopic (exact) mass is 339 g/mol. The summed E-state index contributed by atoms with van der Waals surface area (Å²) in [6.45, 7) is 6.25. The lowest BCUT2D eigenvalue weighted by atomic mass is 10.0. The number of fused-ring (bicyclic) bond motifs is 1. The summed E-state index contributed by atoms with van der Waals surface area (Å²) < 4.78 is 23.3. The first kappa shape index (κ1) is 15.7. The average molecular weight is 339 g/mol. The molecule has 1 saturated heterocycles. The van der Waals surface area contributed by atoms with Crippen LogP contribution in [0.15, 0.2) is 5.38 Å². The molecule has 1 N–H and O–H groups in total. The highest BCUT2D eigenvalue weighted by molar-refractivity contribution is 7.91. The van der Waals surface area contributed by atoms with Gasteiger partial charge in [0.15, 0.2) is 9.84 Å². The Kier molecular flexibility index (Phi) is 4.11. The second-order valence-electron chi connectivity index (χ2n) is 6.40. The zero-order chi connectivity index (χ0) is 15.9. The highest BCUT2D eigenvalue weighted by atomic mass is 32.2. The highest BCUT2D eigenvalue weighted by Crippen LogP contribution is 2.32. The molecule has 1 atom stereocenters. The number of nitrogens with zero attached hydrogens (tertiary/aromatic N) is 2. The number of hydrogen-bond acceptors (Lipinski definition) is 6. The van der Waals surface area contributed by atoms with Gasteiger partial charge >= 0.3 is 0 Å². The van der Waals surface area contributed by atoms with Gasteiger partial charge in [0.2, 0.25) is 0 Å². The van der Waals surface area contributed by atoms with Crippen molar-refractivity contribution in [3.63, 3.8) is 0 Å². The summed E-state index contributed by atoms with van der Waals surface area (Å²) in [6, 6.07) is -0.0469. The van der Waals surface area contributed by atoms with Crippen LogP contribution >= 0.6 is 11.3 Å². The van der Waals surface area contributed by atoms with Gasteiger partial charge in [0.05, 0.1) is 16.9 Å². The molecule has 0 radical (unpaired) electrons. The number of anilines is 1. The minimum atomic E-state index is -2.90. The van der Waals surface area contributed by atoms with E-state index in [-0.39, 0.29) is 17.5 Å². The molecule has 0 saturated carbocycles. The Labute approximate surface area is 135 Å². The van der Waals surface area contributed by atoms with Crippen molar-refractivity contribution in [2.75, 3.05) is 16.8 Å². The molecule has 0 aliphatic carbocycles. The highest BCUT2D eigenvalue weighted by Gasteiger charge is 2.28. The van der Waals surface area contributed by atoms with Crippen molar-refractivity contribution < 1.29 is 8.42 Å². The van der Waals surface area contributed by atoms with Crippen LogP contribution < -0.4 is 5.32 Å². The van der Waals surface area contributed by atoms with Gasteiger partial charge in [0, 0.05) is 6.04 Å². The van der Waals surface area contributed by atoms with E-state index in [1.807, 2.05) is 6.92 Å². The third kappa shape index (κ3) is 3.25. The zero-order valence-corrected chi connectivity index (χ0v) is 14.7. The van der Waals surface area contributed by atoms with E-state index in [1.165, 1.54) is 5.56 Å². The van der Waals surface area contributed by atoms with Crippen molar-refractivity contribution in [3.05, 3.63) is 16.8 Å². The van der Waals surface area contributed by atoms with Gasteiger partial charge in [0.1, 0.15) is 16.5 Å². The normalized spacial score (nSPS) is 20.8. The van der Waals surface area contributed by atoms with Crippen LogP contribution in [0.4, 0.5) is 5.82 Å². The molecule has 22 heavy (non-hydrogen) atoms. The number of rotatable bonds is 4. The second-order valence-corrected chi connectivity index (χ2v) is 9.49. The SMILES string of the molecule is Cc1nc(NC2CCS(=O)(=O)C2)c2c(CC(C)C)csc2n1. The van der Waals surface area contributed by atoms with Crippen molar-refractivity contribution in [1.29, 1.82) is 0 Å². The predicted octanol–water partition coefficient (Wildman–Crippen LogP) is 2.80. The molecule has 0 aromatic carbocycles. The van der Waals surface area contributed by atoms with Gasteiger partial charge in [-0.15, -0.1) is 11.3 Å². The number of nitrogens with one attached hydrogen (secondary N) is 1. The topological polar surface area (TPSA) is 72.0 Å². The minimum absolute atomic E-state index is 0.0469. The van der Waals surface area contributed by atoms with Crippen LogP contribution in [0.25, 0.3) is 10.2 Å². The van der Waals surface area contributed by atoms with Crippen LogP contribution in [-0.2, 0) is 16.3 Å². The third-order valence-electron chi connectivity index (χ3n) is 3.82. The summed E-state index contributed by atoms with van der Waals surface area (Å²) in [4.78, 5) is 10.0. The molecule has 120 valence electrons. The number of sulfone groups is 1. The summed E-state index contributed by atoms with van der Waals surface area (Å²) in [5.74, 6) is 2.52. The molecule has 1 unspecified atom stereocenters. The minimum Gasteiger partial charge on any atom is -0.366 e. The van der Waals surface area contributed by atoms with Crippen LogP contribution in [0.2, 0.25) is 0 Å². The van der Waals surface area contributed by atoms with Crippen molar-refractivity contribution in [2.45, 2.75) is 39.7 Å². The van der Waals surface area contributed by atoms with Crippen LogP contribution in [0.3, 0.4) is 0 Å². The molecule has 7 heteroatoms. The van der Waals surface area contributed by atoms with E-state index in [2.05, 4.69) is 34.5 Å². The van der Waals surface area contributed by atoms with Crippen LogP contribution in [0.1, 0.15) is 31.7 Å². The van der Waals surface area contributed by atoms with Gasteiger partial charge in [-0.1, -0.05) is 13.8 Å². The Bertz CT molecular complexity index is 796. The molecule has 5 nitrogen and oxygen atoms in total.